The number of carbonyl (C=O) groups excluding carboxylic acids is 2. The number of hydrogen-bond donors (Lipinski definition) is 2. The highest BCUT2D eigenvalue weighted by molar-refractivity contribution is 7.14. The Bertz CT molecular complexity index is 1390. The molecule has 1 unspecified atom stereocenters. The maximum absolute atomic E-state index is 13.0. The largest absolute Gasteiger partial charge is 0.382 e. The van der Waals surface area contributed by atoms with Crippen LogP contribution < -0.4 is 10.6 Å². The number of aliphatic imine (C=N–C) groups is 1. The summed E-state index contributed by atoms with van der Waals surface area (Å²) in [7, 11) is 3.24. The second-order valence-corrected chi connectivity index (χ2v) is 11.7. The fraction of sp³-hybridized carbons (Fsp3) is 0.438. The first-order valence-electron chi connectivity index (χ1n) is 14.2. The molecule has 1 atom stereocenters. The van der Waals surface area contributed by atoms with E-state index in [2.05, 4.69) is 48.3 Å². The molecule has 42 heavy (non-hydrogen) atoms. The van der Waals surface area contributed by atoms with Gasteiger partial charge in [0.15, 0.2) is 5.13 Å². The minimum Gasteiger partial charge on any atom is -0.382 e. The highest BCUT2D eigenvalue weighted by atomic mass is 32.1. The number of allylic oxidation sites excluding steroid dienone is 2. The molecular weight excluding hydrogens is 550 g/mol. The van der Waals surface area contributed by atoms with Crippen LogP contribution in [0.4, 0.5) is 5.13 Å². The second-order valence-electron chi connectivity index (χ2n) is 10.8. The molecule has 1 aliphatic heterocycles. The molecule has 1 fully saturated rings. The number of benzene rings is 1. The molecule has 2 aromatic heterocycles. The van der Waals surface area contributed by atoms with Gasteiger partial charge in [0.25, 0.3) is 11.8 Å². The third-order valence-electron chi connectivity index (χ3n) is 6.93. The van der Waals surface area contributed by atoms with Crippen LogP contribution in [0, 0.1) is 5.92 Å². The molecule has 3 heterocycles. The van der Waals surface area contributed by atoms with Gasteiger partial charge in [0.2, 0.25) is 0 Å². The van der Waals surface area contributed by atoms with Gasteiger partial charge in [-0.05, 0) is 38.0 Å². The maximum atomic E-state index is 13.0. The molecule has 1 aromatic carbocycles. The number of aromatic nitrogens is 2. The Labute approximate surface area is 253 Å². The van der Waals surface area contributed by atoms with E-state index in [9.17, 15) is 9.59 Å². The van der Waals surface area contributed by atoms with E-state index < -0.39 is 11.9 Å². The Morgan fingerprint density at radius 3 is 2.60 bits per heavy atom. The van der Waals surface area contributed by atoms with Gasteiger partial charge in [-0.2, -0.15) is 0 Å². The van der Waals surface area contributed by atoms with Crippen molar-refractivity contribution in [3.63, 3.8) is 0 Å². The summed E-state index contributed by atoms with van der Waals surface area (Å²) >= 11 is 1.31. The molecule has 2 amide bonds. The molecule has 1 saturated heterocycles. The molecular formula is C32H43N5O4S. The Morgan fingerprint density at radius 1 is 1.26 bits per heavy atom. The van der Waals surface area contributed by atoms with Gasteiger partial charge >= 0.3 is 0 Å². The second kappa shape index (κ2) is 15.6. The lowest BCUT2D eigenvalue weighted by Gasteiger charge is -2.39. The number of thiazole rings is 1. The van der Waals surface area contributed by atoms with Gasteiger partial charge in [-0.1, -0.05) is 51.5 Å². The van der Waals surface area contributed by atoms with E-state index in [0.29, 0.717) is 23.9 Å². The monoisotopic (exact) mass is 593 g/mol. The molecule has 2 N–H and O–H groups in total. The minimum atomic E-state index is -0.886. The summed E-state index contributed by atoms with van der Waals surface area (Å²) in [4.78, 5) is 34.8. The number of rotatable bonds is 11. The maximum Gasteiger partial charge on any atom is 0.253 e. The number of amides is 2. The average molecular weight is 594 g/mol. The summed E-state index contributed by atoms with van der Waals surface area (Å²) in [5.41, 5.74) is 3.81. The van der Waals surface area contributed by atoms with Gasteiger partial charge in [-0.25, -0.2) is 4.98 Å². The summed E-state index contributed by atoms with van der Waals surface area (Å²) in [5.74, 6) is 0.123. The van der Waals surface area contributed by atoms with Gasteiger partial charge in [-0.15, -0.1) is 11.3 Å². The number of nitrogens with zero attached hydrogens (tertiary/aromatic N) is 3. The minimum absolute atomic E-state index is 0.0220. The summed E-state index contributed by atoms with van der Waals surface area (Å²) < 4.78 is 12.5. The fourth-order valence-electron chi connectivity index (χ4n) is 3.96. The molecule has 10 heteroatoms. The van der Waals surface area contributed by atoms with Crippen LogP contribution in [-0.4, -0.2) is 67.1 Å². The standard InChI is InChI=1S/C27H31N5O4S.C5H12/c1-5-7-21(28-3)18-8-6-9-19(12-18)23-15-37-26(30-23)31-25(34)22(14-35-4)29-24(33)20-10-11-32(13-20)27(2)16-36-17-27;1-4-5(2)3/h5-13,15,22H,14,16-17H2,1-4H3,(H,29,33)(H,30,31,34);5H,4H2,1-3H3/b7-5-,28-21?;. The molecule has 4 rings (SSSR count). The van der Waals surface area contributed by atoms with Crippen LogP contribution in [0.5, 0.6) is 0 Å². The zero-order valence-electron chi connectivity index (χ0n) is 25.6. The van der Waals surface area contributed by atoms with Crippen molar-refractivity contribution in [1.82, 2.24) is 14.9 Å². The molecule has 1 aliphatic rings. The molecule has 0 saturated carbocycles. The van der Waals surface area contributed by atoms with Gasteiger partial charge in [0.1, 0.15) is 6.04 Å². The van der Waals surface area contributed by atoms with Crippen molar-refractivity contribution in [2.24, 2.45) is 10.9 Å². The molecule has 0 spiro atoms. The first kappa shape index (κ1) is 32.9. The van der Waals surface area contributed by atoms with Crippen LogP contribution in [0.15, 0.2) is 65.3 Å². The number of methoxy groups -OCH3 is 1. The van der Waals surface area contributed by atoms with Crippen LogP contribution in [0.2, 0.25) is 0 Å². The van der Waals surface area contributed by atoms with Gasteiger partial charge in [-0.3, -0.25) is 14.6 Å². The van der Waals surface area contributed by atoms with E-state index in [0.717, 1.165) is 28.5 Å². The lowest BCUT2D eigenvalue weighted by atomic mass is 10.0. The van der Waals surface area contributed by atoms with Gasteiger partial charge in [0.05, 0.1) is 42.3 Å². The SMILES string of the molecule is C/C=C\C(=NC)c1cccc(-c2csc(NC(=O)C(COC)NC(=O)c3ccn(C4(C)COC4)c3)n2)c1.CCC(C)C. The number of ether oxygens (including phenoxy) is 2. The van der Waals surface area contributed by atoms with Crippen LogP contribution >= 0.6 is 11.3 Å². The van der Waals surface area contributed by atoms with Crippen LogP contribution in [0.1, 0.15) is 57.0 Å². The number of hydrogen-bond acceptors (Lipinski definition) is 7. The highest BCUT2D eigenvalue weighted by Gasteiger charge is 2.35. The smallest absolute Gasteiger partial charge is 0.253 e. The lowest BCUT2D eigenvalue weighted by Crippen LogP contribution is -2.48. The van der Waals surface area contributed by atoms with Crippen molar-refractivity contribution in [2.45, 2.75) is 52.6 Å². The highest BCUT2D eigenvalue weighted by Crippen LogP contribution is 2.27. The van der Waals surface area contributed by atoms with Crippen molar-refractivity contribution in [3.8, 4) is 11.3 Å². The normalized spacial score (nSPS) is 15.1. The Hall–Kier alpha value is -3.60. The Morgan fingerprint density at radius 2 is 2.00 bits per heavy atom. The zero-order chi connectivity index (χ0) is 30.7. The number of carbonyl (C=O) groups is 2. The van der Waals surface area contributed by atoms with E-state index in [1.54, 1.807) is 19.3 Å². The van der Waals surface area contributed by atoms with E-state index in [4.69, 9.17) is 9.47 Å². The topological polar surface area (TPSA) is 107 Å². The predicted octanol–water partition coefficient (Wildman–Crippen LogP) is 5.79. The molecule has 0 radical (unpaired) electrons. The first-order chi connectivity index (χ1) is 20.1. The summed E-state index contributed by atoms with van der Waals surface area (Å²) in [6, 6.07) is 8.76. The molecule has 0 aliphatic carbocycles. The zero-order valence-corrected chi connectivity index (χ0v) is 26.5. The third kappa shape index (κ3) is 8.70. The van der Waals surface area contributed by atoms with Crippen LogP contribution in [0.25, 0.3) is 11.3 Å². The Kier molecular flexibility index (Phi) is 12.2. The van der Waals surface area contributed by atoms with Crippen molar-refractivity contribution in [2.75, 3.05) is 39.3 Å². The number of anilines is 1. The summed E-state index contributed by atoms with van der Waals surface area (Å²) in [6.07, 6.45) is 8.82. The third-order valence-corrected chi connectivity index (χ3v) is 7.69. The van der Waals surface area contributed by atoms with Crippen molar-refractivity contribution >= 4 is 34.0 Å². The molecule has 226 valence electrons. The van der Waals surface area contributed by atoms with Crippen LogP contribution in [-0.2, 0) is 19.8 Å². The fourth-order valence-corrected chi connectivity index (χ4v) is 4.68. The summed E-state index contributed by atoms with van der Waals surface area (Å²) in [5, 5.41) is 7.89. The van der Waals surface area contributed by atoms with Crippen LogP contribution in [0.3, 0.4) is 0 Å². The molecule has 3 aromatic rings. The quantitative estimate of drug-likeness (QED) is 0.274. The van der Waals surface area contributed by atoms with E-state index in [1.807, 2.05) is 59.5 Å². The lowest BCUT2D eigenvalue weighted by molar-refractivity contribution is -0.119. The first-order valence-corrected chi connectivity index (χ1v) is 15.0. The molecule has 0 bridgehead atoms. The molecule has 9 nitrogen and oxygen atoms in total. The van der Waals surface area contributed by atoms with Gasteiger partial charge < -0.3 is 24.7 Å². The van der Waals surface area contributed by atoms with Crippen molar-refractivity contribution in [1.29, 1.82) is 0 Å². The van der Waals surface area contributed by atoms with E-state index in [-0.39, 0.29) is 18.1 Å². The average Bonchev–Trinajstić information content (AvgIpc) is 3.65. The number of nitrogens with one attached hydrogen (secondary N) is 2. The van der Waals surface area contributed by atoms with E-state index in [1.165, 1.54) is 24.9 Å². The Balaban J connectivity index is 0.000000892. The van der Waals surface area contributed by atoms with Gasteiger partial charge in [0, 0.05) is 43.1 Å². The van der Waals surface area contributed by atoms with Crippen molar-refractivity contribution < 1.29 is 19.1 Å². The summed E-state index contributed by atoms with van der Waals surface area (Å²) in [6.45, 7) is 11.9. The van der Waals surface area contributed by atoms with Crippen molar-refractivity contribution in [3.05, 3.63) is 71.4 Å². The van der Waals surface area contributed by atoms with E-state index >= 15 is 0 Å². The predicted molar refractivity (Wildman–Crippen MR) is 171 cm³/mol.